The van der Waals surface area contributed by atoms with Crippen LogP contribution in [-0.4, -0.2) is 30.3 Å². The predicted molar refractivity (Wildman–Crippen MR) is 108 cm³/mol. The summed E-state index contributed by atoms with van der Waals surface area (Å²) in [7, 11) is -2.56. The number of nitro groups is 1. The Balaban J connectivity index is 1.70. The smallest absolute Gasteiger partial charge is 0.283 e. The van der Waals surface area contributed by atoms with E-state index < -0.39 is 27.6 Å². The molecule has 3 amide bonds. The zero-order valence-electron chi connectivity index (χ0n) is 14.2. The van der Waals surface area contributed by atoms with Gasteiger partial charge in [-0.25, -0.2) is 18.2 Å². The van der Waals surface area contributed by atoms with Gasteiger partial charge in [0.1, 0.15) is 10.7 Å². The lowest BCUT2D eigenvalue weighted by molar-refractivity contribution is -0.384. The van der Waals surface area contributed by atoms with E-state index in [0.29, 0.717) is 15.8 Å². The normalized spacial score (nSPS) is 10.8. The van der Waals surface area contributed by atoms with Gasteiger partial charge in [0.25, 0.3) is 11.6 Å². The highest BCUT2D eigenvalue weighted by atomic mass is 35.5. The van der Waals surface area contributed by atoms with Gasteiger partial charge in [-0.2, -0.15) is 0 Å². The van der Waals surface area contributed by atoms with E-state index in [-0.39, 0.29) is 27.2 Å². The Labute approximate surface area is 173 Å². The molecule has 10 nitrogen and oxygen atoms in total. The van der Waals surface area contributed by atoms with Crippen LogP contribution in [0.4, 0.5) is 15.6 Å². The van der Waals surface area contributed by atoms with Crippen molar-refractivity contribution in [3.05, 3.63) is 62.7 Å². The number of hydrogen-bond donors (Lipinski definition) is 3. The van der Waals surface area contributed by atoms with Crippen molar-refractivity contribution < 1.29 is 22.9 Å². The first-order valence-electron chi connectivity index (χ1n) is 7.80. The summed E-state index contributed by atoms with van der Waals surface area (Å²) in [6.45, 7) is 0. The molecule has 0 fully saturated rings. The molecule has 0 saturated heterocycles. The third kappa shape index (κ3) is 5.04. The number of nitro benzene ring substituents is 1. The van der Waals surface area contributed by atoms with Gasteiger partial charge < -0.3 is 0 Å². The van der Waals surface area contributed by atoms with Crippen LogP contribution in [0, 0.1) is 10.1 Å². The van der Waals surface area contributed by atoms with Gasteiger partial charge in [0.2, 0.25) is 0 Å². The molecule has 150 valence electrons. The number of hydrogen-bond acceptors (Lipinski definition) is 8. The van der Waals surface area contributed by atoms with E-state index in [4.69, 9.17) is 11.6 Å². The summed E-state index contributed by atoms with van der Waals surface area (Å²) >= 11 is 6.97. The molecule has 13 heteroatoms. The first-order chi connectivity index (χ1) is 13.7. The lowest BCUT2D eigenvalue weighted by Crippen LogP contribution is -2.34. The summed E-state index contributed by atoms with van der Waals surface area (Å²) in [5.74, 6) is -0.943. The number of urea groups is 1. The summed E-state index contributed by atoms with van der Waals surface area (Å²) in [4.78, 5) is 38.5. The molecular formula is C16H11ClN4O6S2. The number of benzene rings is 2. The highest BCUT2D eigenvalue weighted by Gasteiger charge is 2.18. The molecule has 0 aliphatic heterocycles. The van der Waals surface area contributed by atoms with E-state index in [1.165, 1.54) is 0 Å². The predicted octanol–water partition coefficient (Wildman–Crippen LogP) is 2.93. The van der Waals surface area contributed by atoms with Crippen molar-refractivity contribution in [3.63, 3.8) is 0 Å². The molecule has 29 heavy (non-hydrogen) atoms. The highest BCUT2D eigenvalue weighted by Crippen LogP contribution is 2.27. The van der Waals surface area contributed by atoms with Gasteiger partial charge in [-0.15, -0.1) is 0 Å². The number of nitrogens with zero attached hydrogens (tertiary/aromatic N) is 2. The van der Waals surface area contributed by atoms with Gasteiger partial charge >= 0.3 is 6.03 Å². The minimum Gasteiger partial charge on any atom is -0.283 e. The summed E-state index contributed by atoms with van der Waals surface area (Å²) < 4.78 is 22.3. The maximum Gasteiger partial charge on any atom is 0.327 e. The molecule has 0 unspecified atom stereocenters. The van der Waals surface area contributed by atoms with Crippen LogP contribution < -0.4 is 10.6 Å². The lowest BCUT2D eigenvalue weighted by Gasteiger charge is -2.05. The molecule has 0 aliphatic carbocycles. The average Bonchev–Trinajstić information content (AvgIpc) is 3.01. The SMILES string of the molecule is O=C(NC(=O)c1ccc([N+](=O)[O-])cc1Cl)Nc1nc2ccc(C[SH](=O)=O)cc2s1. The number of anilines is 1. The average molecular weight is 455 g/mol. The third-order valence-corrected chi connectivity index (χ3v) is 5.49. The summed E-state index contributed by atoms with van der Waals surface area (Å²) in [5.41, 5.74) is 0.760. The number of carbonyl (C=O) groups excluding carboxylic acids is 2. The summed E-state index contributed by atoms with van der Waals surface area (Å²) in [5, 5.41) is 15.2. The van der Waals surface area contributed by atoms with Gasteiger partial charge in [0, 0.05) is 12.1 Å². The van der Waals surface area contributed by atoms with Crippen LogP contribution in [0.3, 0.4) is 0 Å². The second-order valence-corrected chi connectivity index (χ2v) is 8.06. The Kier molecular flexibility index (Phi) is 6.06. The van der Waals surface area contributed by atoms with Gasteiger partial charge in [0.15, 0.2) is 5.13 Å². The quantitative estimate of drug-likeness (QED) is 0.305. The summed E-state index contributed by atoms with van der Waals surface area (Å²) in [6, 6.07) is 7.29. The van der Waals surface area contributed by atoms with Crippen molar-refractivity contribution in [1.29, 1.82) is 0 Å². The van der Waals surface area contributed by atoms with Crippen molar-refractivity contribution in [2.45, 2.75) is 5.75 Å². The van der Waals surface area contributed by atoms with E-state index in [9.17, 15) is 28.1 Å². The van der Waals surface area contributed by atoms with Gasteiger partial charge in [0.05, 0.1) is 31.5 Å². The Hall–Kier alpha value is -3.09. The maximum absolute atomic E-state index is 12.2. The minimum atomic E-state index is -2.56. The molecule has 1 aromatic heterocycles. The third-order valence-electron chi connectivity index (χ3n) is 3.62. The van der Waals surface area contributed by atoms with Crippen LogP contribution in [0.15, 0.2) is 36.4 Å². The molecule has 0 atom stereocenters. The van der Waals surface area contributed by atoms with Gasteiger partial charge in [-0.1, -0.05) is 29.0 Å². The molecule has 3 aromatic rings. The molecule has 0 spiro atoms. The second kappa shape index (κ2) is 8.51. The lowest BCUT2D eigenvalue weighted by atomic mass is 10.2. The number of thiol groups is 1. The van der Waals surface area contributed by atoms with E-state index >= 15 is 0 Å². The highest BCUT2D eigenvalue weighted by molar-refractivity contribution is 7.71. The second-order valence-electron chi connectivity index (χ2n) is 5.64. The van der Waals surface area contributed by atoms with Crippen molar-refractivity contribution in [3.8, 4) is 0 Å². The number of carbonyl (C=O) groups is 2. The van der Waals surface area contributed by atoms with Gasteiger partial charge in [-0.05, 0) is 23.8 Å². The molecule has 0 saturated carbocycles. The number of amides is 3. The summed E-state index contributed by atoms with van der Waals surface area (Å²) in [6.07, 6.45) is 0. The van der Waals surface area contributed by atoms with E-state index in [0.717, 1.165) is 29.5 Å². The number of nitrogens with one attached hydrogen (secondary N) is 2. The zero-order valence-corrected chi connectivity index (χ0v) is 16.7. The molecule has 0 bridgehead atoms. The fourth-order valence-corrected chi connectivity index (χ4v) is 4.05. The number of rotatable bonds is 5. The number of imide groups is 1. The maximum atomic E-state index is 12.2. The van der Waals surface area contributed by atoms with Crippen molar-refractivity contribution in [2.24, 2.45) is 0 Å². The first kappa shape index (κ1) is 20.6. The van der Waals surface area contributed by atoms with Crippen LogP contribution >= 0.6 is 22.9 Å². The largest absolute Gasteiger partial charge is 0.327 e. The monoisotopic (exact) mass is 454 g/mol. The van der Waals surface area contributed by atoms with Crippen LogP contribution in [-0.2, 0) is 16.5 Å². The van der Waals surface area contributed by atoms with E-state index in [2.05, 4.69) is 15.6 Å². The van der Waals surface area contributed by atoms with Crippen molar-refractivity contribution in [2.75, 3.05) is 5.32 Å². The number of aromatic nitrogens is 1. The fraction of sp³-hybridized carbons (Fsp3) is 0.0625. The zero-order chi connectivity index (χ0) is 21.1. The molecule has 2 aromatic carbocycles. The van der Waals surface area contributed by atoms with Crippen LogP contribution in [0.5, 0.6) is 0 Å². The number of thiazole rings is 1. The number of halogens is 1. The molecule has 3 rings (SSSR count). The molecule has 0 radical (unpaired) electrons. The molecule has 2 N–H and O–H groups in total. The Bertz CT molecular complexity index is 1220. The molecule has 0 aliphatic rings. The van der Waals surface area contributed by atoms with Crippen molar-refractivity contribution in [1.82, 2.24) is 10.3 Å². The molecular weight excluding hydrogens is 444 g/mol. The minimum absolute atomic E-state index is 0.100. The number of fused-ring (bicyclic) bond motifs is 1. The Morgan fingerprint density at radius 1 is 1.21 bits per heavy atom. The molecule has 1 heterocycles. The van der Waals surface area contributed by atoms with Crippen LogP contribution in [0.25, 0.3) is 10.2 Å². The number of non-ortho nitro benzene ring substituents is 1. The van der Waals surface area contributed by atoms with Gasteiger partial charge in [-0.3, -0.25) is 25.5 Å². The van der Waals surface area contributed by atoms with E-state index in [1.54, 1.807) is 18.2 Å². The fourth-order valence-electron chi connectivity index (χ4n) is 2.37. The van der Waals surface area contributed by atoms with Crippen LogP contribution in [0.1, 0.15) is 15.9 Å². The topological polar surface area (TPSA) is 148 Å². The standard InChI is InChI=1S/C16H11ClN4O6S2/c17-11-6-9(21(24)25)2-3-10(11)14(22)19-15(23)20-16-18-12-4-1-8(7-29(26)27)5-13(12)28-16/h1-6,29H,7H2,(H2,18,19,20,22,23). The Morgan fingerprint density at radius 2 is 1.97 bits per heavy atom. The van der Waals surface area contributed by atoms with E-state index in [1.807, 2.05) is 0 Å². The Morgan fingerprint density at radius 3 is 2.62 bits per heavy atom. The van der Waals surface area contributed by atoms with Crippen molar-refractivity contribution >= 4 is 66.6 Å². The first-order valence-corrected chi connectivity index (χ1v) is 10.4. The van der Waals surface area contributed by atoms with Crippen LogP contribution in [0.2, 0.25) is 5.02 Å².